The summed E-state index contributed by atoms with van der Waals surface area (Å²) >= 11 is 5.33. The molecule has 0 aliphatic carbocycles. The molecule has 1 aliphatic heterocycles. The molecule has 0 N–H and O–H groups in total. The van der Waals surface area contributed by atoms with Crippen molar-refractivity contribution in [2.75, 3.05) is 13.1 Å². The SMILES string of the molecule is CCN1C(=O)C(=Cc2cn(Cc3cccc(F)c3)c3ccccc23)C(=O)N(CC)C1=S. The van der Waals surface area contributed by atoms with Gasteiger partial charge in [0.25, 0.3) is 11.8 Å². The number of carbonyl (C=O) groups excluding carboxylic acids is 2. The van der Waals surface area contributed by atoms with Gasteiger partial charge in [-0.1, -0.05) is 30.3 Å². The van der Waals surface area contributed by atoms with Crippen molar-refractivity contribution >= 4 is 46.1 Å². The van der Waals surface area contributed by atoms with Gasteiger partial charge in [-0.05, 0) is 55.9 Å². The molecular formula is C24H22FN3O2S. The maximum atomic E-state index is 13.6. The number of fused-ring (bicyclic) bond motifs is 1. The van der Waals surface area contributed by atoms with Crippen molar-refractivity contribution in [2.24, 2.45) is 0 Å². The third-order valence-corrected chi connectivity index (χ3v) is 5.85. The largest absolute Gasteiger partial charge is 0.342 e. The van der Waals surface area contributed by atoms with Gasteiger partial charge >= 0.3 is 0 Å². The molecule has 158 valence electrons. The van der Waals surface area contributed by atoms with Crippen LogP contribution in [-0.2, 0) is 16.1 Å². The third-order valence-electron chi connectivity index (χ3n) is 5.41. The van der Waals surface area contributed by atoms with Crippen LogP contribution in [0.2, 0.25) is 0 Å². The maximum Gasteiger partial charge on any atom is 0.265 e. The van der Waals surface area contributed by atoms with Crippen LogP contribution in [0.25, 0.3) is 17.0 Å². The van der Waals surface area contributed by atoms with Crippen molar-refractivity contribution < 1.29 is 14.0 Å². The fraction of sp³-hybridized carbons (Fsp3) is 0.208. The molecule has 0 bridgehead atoms. The van der Waals surface area contributed by atoms with Crippen molar-refractivity contribution in [1.82, 2.24) is 14.4 Å². The number of aromatic nitrogens is 1. The average Bonchev–Trinajstić information content (AvgIpc) is 3.09. The average molecular weight is 436 g/mol. The standard InChI is InChI=1S/C24H22FN3O2S/c1-3-27-22(29)20(23(30)28(4-2)24(27)31)13-17-15-26(21-11-6-5-10-19(17)21)14-16-8-7-9-18(25)12-16/h5-13,15H,3-4,14H2,1-2H3. The molecule has 2 heterocycles. The maximum absolute atomic E-state index is 13.6. The lowest BCUT2D eigenvalue weighted by Gasteiger charge is -2.35. The Morgan fingerprint density at radius 1 is 0.968 bits per heavy atom. The van der Waals surface area contributed by atoms with Crippen LogP contribution in [0.4, 0.5) is 4.39 Å². The zero-order valence-electron chi connectivity index (χ0n) is 17.3. The van der Waals surface area contributed by atoms with Crippen LogP contribution in [0.15, 0.2) is 60.3 Å². The number of para-hydroxylation sites is 1. The molecule has 3 aromatic rings. The molecule has 0 spiro atoms. The second kappa shape index (κ2) is 8.43. The molecule has 1 fully saturated rings. The minimum absolute atomic E-state index is 0.0889. The highest BCUT2D eigenvalue weighted by atomic mass is 32.1. The summed E-state index contributed by atoms with van der Waals surface area (Å²) in [5.41, 5.74) is 2.60. The summed E-state index contributed by atoms with van der Waals surface area (Å²) in [5, 5.41) is 1.15. The van der Waals surface area contributed by atoms with E-state index in [1.165, 1.54) is 21.9 Å². The highest BCUT2D eigenvalue weighted by Gasteiger charge is 2.37. The Balaban J connectivity index is 1.81. The molecule has 0 atom stereocenters. The lowest BCUT2D eigenvalue weighted by molar-refractivity contribution is -0.133. The lowest BCUT2D eigenvalue weighted by atomic mass is 10.1. The fourth-order valence-electron chi connectivity index (χ4n) is 3.89. The van der Waals surface area contributed by atoms with Crippen LogP contribution in [-0.4, -0.2) is 44.4 Å². The monoisotopic (exact) mass is 435 g/mol. The quantitative estimate of drug-likeness (QED) is 0.343. The zero-order chi connectivity index (χ0) is 22.1. The topological polar surface area (TPSA) is 45.6 Å². The molecular weight excluding hydrogens is 413 g/mol. The van der Waals surface area contributed by atoms with Crippen LogP contribution in [0.5, 0.6) is 0 Å². The highest BCUT2D eigenvalue weighted by molar-refractivity contribution is 7.80. The van der Waals surface area contributed by atoms with Gasteiger partial charge in [-0.15, -0.1) is 0 Å². The summed E-state index contributed by atoms with van der Waals surface area (Å²) in [5.74, 6) is -1.06. The summed E-state index contributed by atoms with van der Waals surface area (Å²) in [4.78, 5) is 28.9. The van der Waals surface area contributed by atoms with E-state index in [-0.39, 0.29) is 28.3 Å². The van der Waals surface area contributed by atoms with E-state index in [0.29, 0.717) is 19.6 Å². The minimum Gasteiger partial charge on any atom is -0.342 e. The molecule has 2 aromatic carbocycles. The molecule has 2 amide bonds. The Kier molecular flexibility index (Phi) is 5.69. The van der Waals surface area contributed by atoms with Crippen molar-refractivity contribution in [3.05, 3.63) is 77.2 Å². The van der Waals surface area contributed by atoms with Gasteiger partial charge in [0.1, 0.15) is 11.4 Å². The molecule has 1 saturated heterocycles. The molecule has 7 heteroatoms. The second-order valence-corrected chi connectivity index (χ2v) is 7.66. The first kappa shape index (κ1) is 20.9. The van der Waals surface area contributed by atoms with Gasteiger partial charge in [-0.3, -0.25) is 19.4 Å². The van der Waals surface area contributed by atoms with Gasteiger partial charge in [-0.25, -0.2) is 4.39 Å². The van der Waals surface area contributed by atoms with E-state index < -0.39 is 0 Å². The predicted molar refractivity (Wildman–Crippen MR) is 123 cm³/mol. The van der Waals surface area contributed by atoms with Crippen molar-refractivity contribution in [1.29, 1.82) is 0 Å². The van der Waals surface area contributed by atoms with Gasteiger partial charge < -0.3 is 4.57 Å². The number of hydrogen-bond donors (Lipinski definition) is 0. The van der Waals surface area contributed by atoms with E-state index in [1.54, 1.807) is 12.1 Å². The highest BCUT2D eigenvalue weighted by Crippen LogP contribution is 2.27. The zero-order valence-corrected chi connectivity index (χ0v) is 18.2. The van der Waals surface area contributed by atoms with Crippen LogP contribution in [0, 0.1) is 5.82 Å². The molecule has 0 radical (unpaired) electrons. The van der Waals surface area contributed by atoms with Gasteiger partial charge in [0, 0.05) is 42.3 Å². The minimum atomic E-state index is -0.385. The Morgan fingerprint density at radius 2 is 1.65 bits per heavy atom. The summed E-state index contributed by atoms with van der Waals surface area (Å²) < 4.78 is 15.6. The second-order valence-electron chi connectivity index (χ2n) is 7.30. The van der Waals surface area contributed by atoms with E-state index in [9.17, 15) is 14.0 Å². The summed E-state index contributed by atoms with van der Waals surface area (Å²) in [6.45, 7) is 4.91. The van der Waals surface area contributed by atoms with Crippen molar-refractivity contribution in [2.45, 2.75) is 20.4 Å². The Labute approximate surface area is 185 Å². The Morgan fingerprint density at radius 3 is 2.29 bits per heavy atom. The number of thiocarbonyl (C=S) groups is 1. The first-order chi connectivity index (χ1) is 14.9. The summed E-state index contributed by atoms with van der Waals surface area (Å²) in [6, 6.07) is 14.2. The Hall–Kier alpha value is -3.32. The van der Waals surface area contributed by atoms with Crippen molar-refractivity contribution in [3.63, 3.8) is 0 Å². The summed E-state index contributed by atoms with van der Waals surface area (Å²) in [7, 11) is 0. The van der Waals surface area contributed by atoms with E-state index in [0.717, 1.165) is 22.0 Å². The molecule has 4 rings (SSSR count). The third kappa shape index (κ3) is 3.77. The van der Waals surface area contributed by atoms with Gasteiger partial charge in [0.15, 0.2) is 5.11 Å². The van der Waals surface area contributed by atoms with Crippen LogP contribution >= 0.6 is 12.2 Å². The lowest BCUT2D eigenvalue weighted by Crippen LogP contribution is -2.55. The normalized spacial score (nSPS) is 14.7. The van der Waals surface area contributed by atoms with E-state index >= 15 is 0 Å². The number of likely N-dealkylation sites (N-methyl/N-ethyl adjacent to an activating group) is 2. The molecule has 31 heavy (non-hydrogen) atoms. The first-order valence-corrected chi connectivity index (χ1v) is 10.6. The van der Waals surface area contributed by atoms with Crippen LogP contribution in [0.1, 0.15) is 25.0 Å². The van der Waals surface area contributed by atoms with E-state index in [1.807, 2.05) is 54.9 Å². The predicted octanol–water partition coefficient (Wildman–Crippen LogP) is 4.21. The number of nitrogens with zero attached hydrogens (tertiary/aromatic N) is 3. The van der Waals surface area contributed by atoms with E-state index in [2.05, 4.69) is 0 Å². The molecule has 1 aliphatic rings. The van der Waals surface area contributed by atoms with Gasteiger partial charge in [0.05, 0.1) is 0 Å². The first-order valence-electron chi connectivity index (χ1n) is 10.2. The van der Waals surface area contributed by atoms with Gasteiger partial charge in [0.2, 0.25) is 0 Å². The molecule has 5 nitrogen and oxygen atoms in total. The fourth-order valence-corrected chi connectivity index (χ4v) is 4.32. The van der Waals surface area contributed by atoms with Crippen LogP contribution in [0.3, 0.4) is 0 Å². The number of amides is 2. The molecule has 0 saturated carbocycles. The summed E-state index contributed by atoms with van der Waals surface area (Å²) in [6.07, 6.45) is 3.53. The van der Waals surface area contributed by atoms with Crippen LogP contribution < -0.4 is 0 Å². The number of carbonyl (C=O) groups is 2. The number of benzene rings is 2. The number of halogens is 1. The Bertz CT molecular complexity index is 1200. The van der Waals surface area contributed by atoms with E-state index in [4.69, 9.17) is 12.2 Å². The molecule has 0 unspecified atom stereocenters. The number of hydrogen-bond acceptors (Lipinski definition) is 3. The number of rotatable bonds is 5. The smallest absolute Gasteiger partial charge is 0.265 e. The van der Waals surface area contributed by atoms with Crippen molar-refractivity contribution in [3.8, 4) is 0 Å². The van der Waals surface area contributed by atoms with Gasteiger partial charge in [-0.2, -0.15) is 0 Å². The molecule has 1 aromatic heterocycles.